The molecule has 1 fully saturated rings. The molecule has 5 nitrogen and oxygen atoms in total. The fourth-order valence-corrected chi connectivity index (χ4v) is 2.29. The lowest BCUT2D eigenvalue weighted by Gasteiger charge is -2.08. The van der Waals surface area contributed by atoms with Gasteiger partial charge in [0.1, 0.15) is 11.5 Å². The van der Waals surface area contributed by atoms with Crippen molar-refractivity contribution in [3.63, 3.8) is 0 Å². The van der Waals surface area contributed by atoms with Gasteiger partial charge in [0.25, 0.3) is 0 Å². The first-order chi connectivity index (χ1) is 8.74. The van der Waals surface area contributed by atoms with Gasteiger partial charge in [0, 0.05) is 6.04 Å². The van der Waals surface area contributed by atoms with E-state index in [2.05, 4.69) is 15.1 Å². The monoisotopic (exact) mass is 248 g/mol. The van der Waals surface area contributed by atoms with Crippen molar-refractivity contribution in [1.29, 1.82) is 0 Å². The second kappa shape index (κ2) is 4.45. The number of nitrogens with zero attached hydrogens (tertiary/aromatic N) is 3. The molecule has 2 aromatic rings. The lowest BCUT2D eigenvalue weighted by atomic mass is 10.1. The van der Waals surface area contributed by atoms with Crippen LogP contribution in [0.4, 0.5) is 4.39 Å². The summed E-state index contributed by atoms with van der Waals surface area (Å²) < 4.78 is 18.0. The third kappa shape index (κ3) is 1.99. The Morgan fingerprint density at radius 2 is 2.22 bits per heavy atom. The average molecular weight is 248 g/mol. The quantitative estimate of drug-likeness (QED) is 0.877. The van der Waals surface area contributed by atoms with E-state index < -0.39 is 0 Å². The predicted octanol–water partition coefficient (Wildman–Crippen LogP) is 1.87. The standard InChI is InChI=1S/C12H13FN4O/c13-7-4-5-10(15-6-7)11-16-12(18-17-11)8-2-1-3-9(8)14/h4-6,8-9H,1-3,14H2. The summed E-state index contributed by atoms with van der Waals surface area (Å²) in [7, 11) is 0. The van der Waals surface area contributed by atoms with Crippen molar-refractivity contribution in [2.45, 2.75) is 31.2 Å². The maximum Gasteiger partial charge on any atom is 0.231 e. The van der Waals surface area contributed by atoms with Gasteiger partial charge in [-0.1, -0.05) is 11.6 Å². The molecule has 2 unspecified atom stereocenters. The SMILES string of the molecule is NC1CCCC1c1nc(-c2ccc(F)cn2)no1. The average Bonchev–Trinajstić information content (AvgIpc) is 2.98. The molecule has 2 N–H and O–H groups in total. The Labute approximate surface area is 103 Å². The van der Waals surface area contributed by atoms with E-state index in [9.17, 15) is 4.39 Å². The van der Waals surface area contributed by atoms with Crippen molar-refractivity contribution in [3.8, 4) is 11.5 Å². The molecule has 0 bridgehead atoms. The Morgan fingerprint density at radius 3 is 2.89 bits per heavy atom. The van der Waals surface area contributed by atoms with Crippen molar-refractivity contribution in [2.24, 2.45) is 5.73 Å². The van der Waals surface area contributed by atoms with Crippen LogP contribution in [-0.2, 0) is 0 Å². The fraction of sp³-hybridized carbons (Fsp3) is 0.417. The fourth-order valence-electron chi connectivity index (χ4n) is 2.29. The first-order valence-corrected chi connectivity index (χ1v) is 5.95. The van der Waals surface area contributed by atoms with Crippen molar-refractivity contribution in [3.05, 3.63) is 30.0 Å². The molecule has 0 spiro atoms. The molecule has 94 valence electrons. The molecule has 0 amide bonds. The molecule has 1 saturated carbocycles. The van der Waals surface area contributed by atoms with E-state index in [-0.39, 0.29) is 17.8 Å². The Hall–Kier alpha value is -1.82. The minimum Gasteiger partial charge on any atom is -0.339 e. The minimum absolute atomic E-state index is 0.0828. The van der Waals surface area contributed by atoms with Gasteiger partial charge < -0.3 is 10.3 Å². The molecular formula is C12H13FN4O. The Kier molecular flexibility index (Phi) is 2.79. The van der Waals surface area contributed by atoms with Gasteiger partial charge in [0.15, 0.2) is 0 Å². The number of hydrogen-bond donors (Lipinski definition) is 1. The first-order valence-electron chi connectivity index (χ1n) is 5.95. The molecule has 3 rings (SSSR count). The zero-order valence-corrected chi connectivity index (χ0v) is 9.71. The molecule has 0 aromatic carbocycles. The number of nitrogens with two attached hydrogens (primary N) is 1. The van der Waals surface area contributed by atoms with Gasteiger partial charge in [0.05, 0.1) is 12.1 Å². The molecule has 2 aromatic heterocycles. The lowest BCUT2D eigenvalue weighted by Crippen LogP contribution is -2.22. The van der Waals surface area contributed by atoms with E-state index in [1.54, 1.807) is 0 Å². The van der Waals surface area contributed by atoms with Crippen molar-refractivity contribution >= 4 is 0 Å². The zero-order chi connectivity index (χ0) is 12.5. The predicted molar refractivity (Wildman–Crippen MR) is 62.1 cm³/mol. The molecule has 1 aliphatic rings. The van der Waals surface area contributed by atoms with Gasteiger partial charge in [-0.05, 0) is 25.0 Å². The minimum atomic E-state index is -0.389. The molecule has 1 aliphatic carbocycles. The van der Waals surface area contributed by atoms with Gasteiger partial charge in [-0.15, -0.1) is 0 Å². The summed E-state index contributed by atoms with van der Waals surface area (Å²) >= 11 is 0. The van der Waals surface area contributed by atoms with Gasteiger partial charge in [-0.25, -0.2) is 9.37 Å². The summed E-state index contributed by atoms with van der Waals surface area (Å²) in [5.74, 6) is 0.678. The lowest BCUT2D eigenvalue weighted by molar-refractivity contribution is 0.345. The second-order valence-electron chi connectivity index (χ2n) is 4.52. The zero-order valence-electron chi connectivity index (χ0n) is 9.71. The highest BCUT2D eigenvalue weighted by Gasteiger charge is 2.30. The largest absolute Gasteiger partial charge is 0.339 e. The maximum atomic E-state index is 12.8. The Morgan fingerprint density at radius 1 is 1.33 bits per heavy atom. The van der Waals surface area contributed by atoms with Gasteiger partial charge in [-0.2, -0.15) is 4.98 Å². The van der Waals surface area contributed by atoms with Crippen LogP contribution in [0.15, 0.2) is 22.9 Å². The van der Waals surface area contributed by atoms with E-state index in [1.807, 2.05) is 0 Å². The Balaban J connectivity index is 1.87. The van der Waals surface area contributed by atoms with E-state index in [0.29, 0.717) is 17.4 Å². The summed E-state index contributed by atoms with van der Waals surface area (Å²) in [4.78, 5) is 8.22. The van der Waals surface area contributed by atoms with Crippen molar-refractivity contribution < 1.29 is 8.91 Å². The van der Waals surface area contributed by atoms with E-state index >= 15 is 0 Å². The smallest absolute Gasteiger partial charge is 0.231 e. The maximum absolute atomic E-state index is 12.8. The summed E-state index contributed by atoms with van der Waals surface area (Å²) in [5, 5.41) is 3.87. The van der Waals surface area contributed by atoms with Crippen LogP contribution in [0.2, 0.25) is 0 Å². The number of hydrogen-bond acceptors (Lipinski definition) is 5. The molecule has 2 heterocycles. The number of aromatic nitrogens is 3. The topological polar surface area (TPSA) is 77.8 Å². The van der Waals surface area contributed by atoms with E-state index in [0.717, 1.165) is 25.5 Å². The van der Waals surface area contributed by atoms with Gasteiger partial charge in [0.2, 0.25) is 11.7 Å². The van der Waals surface area contributed by atoms with Crippen LogP contribution in [0.25, 0.3) is 11.5 Å². The third-order valence-corrected chi connectivity index (χ3v) is 3.28. The summed E-state index contributed by atoms with van der Waals surface area (Å²) in [6.45, 7) is 0. The van der Waals surface area contributed by atoms with Crippen molar-refractivity contribution in [1.82, 2.24) is 15.1 Å². The number of pyridine rings is 1. The van der Waals surface area contributed by atoms with E-state index in [1.165, 1.54) is 12.1 Å². The highest BCUT2D eigenvalue weighted by atomic mass is 19.1. The normalized spacial score (nSPS) is 23.4. The van der Waals surface area contributed by atoms with Crippen LogP contribution >= 0.6 is 0 Å². The first kappa shape index (κ1) is 11.3. The highest BCUT2D eigenvalue weighted by Crippen LogP contribution is 2.32. The summed E-state index contributed by atoms with van der Waals surface area (Å²) in [6, 6.07) is 2.93. The van der Waals surface area contributed by atoms with Gasteiger partial charge >= 0.3 is 0 Å². The summed E-state index contributed by atoms with van der Waals surface area (Å²) in [5.41, 5.74) is 6.48. The van der Waals surface area contributed by atoms with E-state index in [4.69, 9.17) is 10.3 Å². The van der Waals surface area contributed by atoms with Crippen LogP contribution in [0.3, 0.4) is 0 Å². The third-order valence-electron chi connectivity index (χ3n) is 3.28. The van der Waals surface area contributed by atoms with Crippen LogP contribution in [0.5, 0.6) is 0 Å². The molecule has 18 heavy (non-hydrogen) atoms. The van der Waals surface area contributed by atoms with Crippen molar-refractivity contribution in [2.75, 3.05) is 0 Å². The molecular weight excluding hydrogens is 235 g/mol. The molecule has 0 saturated heterocycles. The Bertz CT molecular complexity index is 539. The van der Waals surface area contributed by atoms with Crippen LogP contribution in [0, 0.1) is 5.82 Å². The van der Waals surface area contributed by atoms with Gasteiger partial charge in [-0.3, -0.25) is 0 Å². The number of rotatable bonds is 2. The van der Waals surface area contributed by atoms with Crippen LogP contribution in [0.1, 0.15) is 31.1 Å². The highest BCUT2D eigenvalue weighted by molar-refractivity contribution is 5.47. The molecule has 0 radical (unpaired) electrons. The summed E-state index contributed by atoms with van der Waals surface area (Å²) in [6.07, 6.45) is 4.17. The van der Waals surface area contributed by atoms with Crippen LogP contribution < -0.4 is 5.73 Å². The molecule has 0 aliphatic heterocycles. The molecule has 6 heteroatoms. The molecule has 2 atom stereocenters. The number of halogens is 1. The second-order valence-corrected chi connectivity index (χ2v) is 4.52. The van der Waals surface area contributed by atoms with Crippen LogP contribution in [-0.4, -0.2) is 21.2 Å².